The van der Waals surface area contributed by atoms with Gasteiger partial charge in [-0.2, -0.15) is 5.10 Å². The van der Waals surface area contributed by atoms with Crippen molar-refractivity contribution in [3.63, 3.8) is 0 Å². The second kappa shape index (κ2) is 7.51. The lowest BCUT2D eigenvalue weighted by Crippen LogP contribution is -2.75. The predicted molar refractivity (Wildman–Crippen MR) is 115 cm³/mol. The van der Waals surface area contributed by atoms with Crippen LogP contribution in [0.4, 0.5) is 10.5 Å². The molecule has 2 N–H and O–H groups in total. The molecule has 162 valence electrons. The van der Waals surface area contributed by atoms with Gasteiger partial charge in [-0.25, -0.2) is 22.9 Å². The zero-order valence-corrected chi connectivity index (χ0v) is 18.7. The molecule has 3 fully saturated rings. The van der Waals surface area contributed by atoms with Gasteiger partial charge in [-0.3, -0.25) is 4.68 Å². The molecule has 1 aromatic heterocycles. The van der Waals surface area contributed by atoms with Crippen LogP contribution in [0, 0.1) is 5.92 Å². The van der Waals surface area contributed by atoms with Crippen molar-refractivity contribution in [3.8, 4) is 11.4 Å². The van der Waals surface area contributed by atoms with E-state index in [0.29, 0.717) is 28.0 Å². The number of anilines is 1. The zero-order chi connectivity index (χ0) is 21.7. The number of carbonyl (C=O) groups is 1. The Balaban J connectivity index is 1.54. The first-order valence-corrected chi connectivity index (χ1v) is 12.0. The van der Waals surface area contributed by atoms with E-state index >= 15 is 0 Å². The van der Waals surface area contributed by atoms with Gasteiger partial charge in [0.05, 0.1) is 16.8 Å². The molecule has 2 unspecified atom stereocenters. The topological polar surface area (TPSA) is 109 Å². The van der Waals surface area contributed by atoms with E-state index in [9.17, 15) is 13.2 Å². The Bertz CT molecular complexity index is 1090. The molecule has 0 radical (unpaired) electrons. The third-order valence-corrected chi connectivity index (χ3v) is 6.83. The van der Waals surface area contributed by atoms with Gasteiger partial charge in [0.25, 0.3) is 0 Å². The quantitative estimate of drug-likeness (QED) is 0.724. The van der Waals surface area contributed by atoms with Crippen LogP contribution in [-0.4, -0.2) is 58.5 Å². The fourth-order valence-corrected chi connectivity index (χ4v) is 5.50. The fraction of sp³-hybridized carbons (Fsp3) is 0.526. The number of benzene rings is 1. The minimum Gasteiger partial charge on any atom is -0.314 e. The molecule has 30 heavy (non-hydrogen) atoms. The lowest BCUT2D eigenvalue weighted by molar-refractivity contribution is -0.0851. The largest absolute Gasteiger partial charge is 0.322 e. The summed E-state index contributed by atoms with van der Waals surface area (Å²) in [7, 11) is -1.57. The molecule has 2 amide bonds. The molecular weight excluding hydrogens is 428 g/mol. The molecule has 0 spiro atoms. The Morgan fingerprint density at radius 1 is 1.37 bits per heavy atom. The van der Waals surface area contributed by atoms with Crippen LogP contribution in [0.15, 0.2) is 24.5 Å². The van der Waals surface area contributed by atoms with Crippen molar-refractivity contribution < 1.29 is 13.2 Å². The van der Waals surface area contributed by atoms with Gasteiger partial charge in [0.1, 0.15) is 6.33 Å². The number of carbonyl (C=O) groups excluding carboxylic acids is 1. The molecule has 3 aliphatic rings. The summed E-state index contributed by atoms with van der Waals surface area (Å²) in [6, 6.07) is 5.04. The van der Waals surface area contributed by atoms with E-state index in [4.69, 9.17) is 11.6 Å². The molecule has 2 aromatic rings. The van der Waals surface area contributed by atoms with E-state index in [1.807, 2.05) is 0 Å². The normalized spacial score (nSPS) is 25.7. The van der Waals surface area contributed by atoms with E-state index in [-0.39, 0.29) is 18.6 Å². The van der Waals surface area contributed by atoms with Crippen molar-refractivity contribution in [3.05, 3.63) is 29.5 Å². The number of rotatable bonds is 5. The molecule has 2 bridgehead atoms. The third kappa shape index (κ3) is 4.03. The maximum absolute atomic E-state index is 13.2. The highest BCUT2D eigenvalue weighted by molar-refractivity contribution is 7.88. The van der Waals surface area contributed by atoms with Gasteiger partial charge in [-0.1, -0.05) is 18.5 Å². The van der Waals surface area contributed by atoms with Gasteiger partial charge in [-0.15, -0.1) is 0 Å². The molecule has 3 atom stereocenters. The average molecular weight is 453 g/mol. The summed E-state index contributed by atoms with van der Waals surface area (Å²) in [6.45, 7) is 2.37. The van der Waals surface area contributed by atoms with E-state index in [1.54, 1.807) is 41.2 Å². The second-order valence-electron chi connectivity index (χ2n) is 8.46. The maximum Gasteiger partial charge on any atom is 0.322 e. The van der Waals surface area contributed by atoms with Crippen LogP contribution in [0.25, 0.3) is 11.4 Å². The molecule has 2 aliphatic heterocycles. The van der Waals surface area contributed by atoms with Crippen LogP contribution in [0.2, 0.25) is 5.02 Å². The summed E-state index contributed by atoms with van der Waals surface area (Å²) in [5.41, 5.74) is 0.713. The number of hydrogen-bond acceptors (Lipinski definition) is 5. The molecule has 3 heterocycles. The highest BCUT2D eigenvalue weighted by Gasteiger charge is 2.58. The van der Waals surface area contributed by atoms with Crippen LogP contribution in [0.1, 0.15) is 26.2 Å². The van der Waals surface area contributed by atoms with Gasteiger partial charge >= 0.3 is 6.03 Å². The van der Waals surface area contributed by atoms with Crippen LogP contribution >= 0.6 is 11.6 Å². The van der Waals surface area contributed by atoms with Gasteiger partial charge < -0.3 is 10.2 Å². The lowest BCUT2D eigenvalue weighted by atomic mass is 9.64. The number of nitrogens with one attached hydrogen (secondary N) is 2. The van der Waals surface area contributed by atoms with Crippen molar-refractivity contribution in [1.29, 1.82) is 0 Å². The number of fused-ring (bicyclic) bond motifs is 2. The fourth-order valence-electron chi connectivity index (χ4n) is 4.77. The number of aryl methyl sites for hydroxylation is 1. The predicted octanol–water partition coefficient (Wildman–Crippen LogP) is 2.46. The van der Waals surface area contributed by atoms with E-state index in [2.05, 4.69) is 27.0 Å². The summed E-state index contributed by atoms with van der Waals surface area (Å²) < 4.78 is 27.4. The zero-order valence-electron chi connectivity index (χ0n) is 17.1. The highest BCUT2D eigenvalue weighted by atomic mass is 35.5. The van der Waals surface area contributed by atoms with Crippen molar-refractivity contribution in [2.24, 2.45) is 13.0 Å². The smallest absolute Gasteiger partial charge is 0.314 e. The van der Waals surface area contributed by atoms with Crippen LogP contribution in [0.5, 0.6) is 0 Å². The molecule has 1 aliphatic carbocycles. The van der Waals surface area contributed by atoms with Gasteiger partial charge in [0, 0.05) is 30.9 Å². The molecular formula is C19H25ClN6O3S. The minimum atomic E-state index is -3.34. The van der Waals surface area contributed by atoms with E-state index < -0.39 is 15.6 Å². The Labute approximate surface area is 180 Å². The molecule has 1 saturated carbocycles. The van der Waals surface area contributed by atoms with Gasteiger partial charge in [0.15, 0.2) is 5.82 Å². The first kappa shape index (κ1) is 21.1. The number of nitrogens with zero attached hydrogens (tertiary/aromatic N) is 4. The van der Waals surface area contributed by atoms with E-state index in [1.165, 1.54) is 0 Å². The molecule has 2 saturated heterocycles. The third-order valence-electron chi connectivity index (χ3n) is 5.83. The van der Waals surface area contributed by atoms with Crippen molar-refractivity contribution in [2.75, 3.05) is 18.1 Å². The molecule has 9 nitrogen and oxygen atoms in total. The number of hydrogen-bond donors (Lipinski definition) is 2. The maximum atomic E-state index is 13.2. The molecule has 5 rings (SSSR count). The lowest BCUT2D eigenvalue weighted by Gasteiger charge is -2.63. The van der Waals surface area contributed by atoms with Crippen molar-refractivity contribution in [2.45, 2.75) is 37.8 Å². The summed E-state index contributed by atoms with van der Waals surface area (Å²) in [6.07, 6.45) is 5.20. The number of urea groups is 1. The SMILES string of the molecule is C[C@H]1CC2CC(CNS(C)(=O)=O)(C1)N2C(=O)Nc1ccc(Cl)c(-c2ncn(C)n2)c1. The van der Waals surface area contributed by atoms with Crippen molar-refractivity contribution >= 4 is 33.3 Å². The summed E-state index contributed by atoms with van der Waals surface area (Å²) in [4.78, 5) is 19.2. The number of amides is 2. The summed E-state index contributed by atoms with van der Waals surface area (Å²) in [5, 5.41) is 7.70. The summed E-state index contributed by atoms with van der Waals surface area (Å²) in [5.74, 6) is 0.911. The van der Waals surface area contributed by atoms with Gasteiger partial charge in [0.2, 0.25) is 10.0 Å². The van der Waals surface area contributed by atoms with Crippen LogP contribution in [-0.2, 0) is 17.1 Å². The summed E-state index contributed by atoms with van der Waals surface area (Å²) >= 11 is 6.30. The Kier molecular flexibility index (Phi) is 5.27. The number of aromatic nitrogens is 3. The van der Waals surface area contributed by atoms with Gasteiger partial charge in [-0.05, 0) is 43.4 Å². The number of sulfonamides is 1. The first-order valence-electron chi connectivity index (χ1n) is 9.77. The average Bonchev–Trinajstić information content (AvgIpc) is 3.06. The monoisotopic (exact) mass is 452 g/mol. The molecule has 1 aromatic carbocycles. The Morgan fingerprint density at radius 2 is 2.13 bits per heavy atom. The standard InChI is InChI=1S/C19H25ClN6O3S/c1-12-6-14-9-19(8-12,10-22-30(3,28)29)26(14)18(27)23-13-4-5-16(20)15(7-13)17-21-11-25(2)24-17/h4-5,7,11-12,14,22H,6,8-10H2,1-3H3,(H,23,27)/t12-,14?,19?/m0/s1. The van der Waals surface area contributed by atoms with Crippen LogP contribution < -0.4 is 10.0 Å². The Hall–Kier alpha value is -2.17. The minimum absolute atomic E-state index is 0.110. The van der Waals surface area contributed by atoms with E-state index in [0.717, 1.165) is 25.5 Å². The first-order chi connectivity index (χ1) is 14.1. The Morgan fingerprint density at radius 3 is 2.80 bits per heavy atom. The molecule has 11 heteroatoms. The van der Waals surface area contributed by atoms with Crippen molar-refractivity contribution in [1.82, 2.24) is 24.4 Å². The second-order valence-corrected chi connectivity index (χ2v) is 10.7. The highest BCUT2D eigenvalue weighted by Crippen LogP contribution is 2.49. The number of halogens is 1. The van der Waals surface area contributed by atoms with Crippen LogP contribution in [0.3, 0.4) is 0 Å². The number of piperidine rings is 1.